The first-order valence-corrected chi connectivity index (χ1v) is 7.81. The van der Waals surface area contributed by atoms with Crippen LogP contribution in [0.1, 0.15) is 39.5 Å². The van der Waals surface area contributed by atoms with Crippen molar-refractivity contribution >= 4 is 0 Å². The maximum absolute atomic E-state index is 6.29. The van der Waals surface area contributed by atoms with Gasteiger partial charge < -0.3 is 14.8 Å². The largest absolute Gasteiger partial charge is 0.493 e. The van der Waals surface area contributed by atoms with Crippen LogP contribution in [0, 0.1) is 5.92 Å². The molecule has 0 heterocycles. The molecule has 0 aromatic heterocycles. The monoisotopic (exact) mass is 277 g/mol. The second-order valence-electron chi connectivity index (χ2n) is 5.56. The predicted octanol–water partition coefficient (Wildman–Crippen LogP) is 3.63. The van der Waals surface area contributed by atoms with E-state index >= 15 is 0 Å². The van der Waals surface area contributed by atoms with Crippen molar-refractivity contribution in [3.05, 3.63) is 24.3 Å². The number of hydrogen-bond acceptors (Lipinski definition) is 3. The average molecular weight is 277 g/mol. The molecule has 20 heavy (non-hydrogen) atoms. The van der Waals surface area contributed by atoms with E-state index in [4.69, 9.17) is 9.47 Å². The highest BCUT2D eigenvalue weighted by atomic mass is 16.5. The highest BCUT2D eigenvalue weighted by Crippen LogP contribution is 2.33. The van der Waals surface area contributed by atoms with Gasteiger partial charge in [0, 0.05) is 6.04 Å². The fourth-order valence-corrected chi connectivity index (χ4v) is 3.09. The molecule has 0 saturated heterocycles. The Balaban J connectivity index is 2.09. The van der Waals surface area contributed by atoms with Crippen LogP contribution in [0.5, 0.6) is 11.5 Å². The zero-order valence-electron chi connectivity index (χ0n) is 12.9. The molecule has 3 heteroatoms. The van der Waals surface area contributed by atoms with Gasteiger partial charge in [-0.3, -0.25) is 0 Å². The van der Waals surface area contributed by atoms with Gasteiger partial charge in [-0.25, -0.2) is 0 Å². The minimum absolute atomic E-state index is 0.241. The van der Waals surface area contributed by atoms with Gasteiger partial charge in [-0.2, -0.15) is 0 Å². The summed E-state index contributed by atoms with van der Waals surface area (Å²) in [6, 6.07) is 8.38. The van der Waals surface area contributed by atoms with Gasteiger partial charge in [-0.15, -0.1) is 0 Å². The summed E-state index contributed by atoms with van der Waals surface area (Å²) in [6.07, 6.45) is 5.12. The summed E-state index contributed by atoms with van der Waals surface area (Å²) in [6.45, 7) is 5.43. The molecule has 3 unspecified atom stereocenters. The van der Waals surface area contributed by atoms with E-state index in [1.807, 2.05) is 24.3 Å². The summed E-state index contributed by atoms with van der Waals surface area (Å²) in [4.78, 5) is 0. The molecular weight excluding hydrogens is 250 g/mol. The number of hydrogen-bond donors (Lipinski definition) is 1. The number of methoxy groups -OCH3 is 1. The van der Waals surface area contributed by atoms with Gasteiger partial charge in [0.2, 0.25) is 0 Å². The van der Waals surface area contributed by atoms with E-state index < -0.39 is 0 Å². The Morgan fingerprint density at radius 2 is 1.90 bits per heavy atom. The maximum Gasteiger partial charge on any atom is 0.161 e. The molecule has 3 atom stereocenters. The van der Waals surface area contributed by atoms with Crippen molar-refractivity contribution in [1.29, 1.82) is 0 Å². The van der Waals surface area contributed by atoms with Crippen molar-refractivity contribution in [3.8, 4) is 11.5 Å². The first-order valence-electron chi connectivity index (χ1n) is 7.81. The minimum Gasteiger partial charge on any atom is -0.493 e. The molecule has 0 amide bonds. The van der Waals surface area contributed by atoms with Crippen molar-refractivity contribution in [1.82, 2.24) is 5.32 Å². The van der Waals surface area contributed by atoms with Crippen LogP contribution >= 0.6 is 0 Å². The summed E-state index contributed by atoms with van der Waals surface area (Å²) in [7, 11) is 1.69. The lowest BCUT2D eigenvalue weighted by Crippen LogP contribution is -2.47. The SMILES string of the molecule is CCNC1CCC(CC)CC1Oc1ccccc1OC. The molecule has 1 aromatic rings. The predicted molar refractivity (Wildman–Crippen MR) is 82.5 cm³/mol. The van der Waals surface area contributed by atoms with Crippen LogP contribution < -0.4 is 14.8 Å². The highest BCUT2D eigenvalue weighted by Gasteiger charge is 2.31. The molecule has 1 aliphatic carbocycles. The van der Waals surface area contributed by atoms with E-state index in [9.17, 15) is 0 Å². The van der Waals surface area contributed by atoms with Crippen LogP contribution in [0.2, 0.25) is 0 Å². The Morgan fingerprint density at radius 1 is 1.15 bits per heavy atom. The molecule has 1 aromatic carbocycles. The topological polar surface area (TPSA) is 30.5 Å². The summed E-state index contributed by atoms with van der Waals surface area (Å²) >= 11 is 0. The maximum atomic E-state index is 6.29. The quantitative estimate of drug-likeness (QED) is 0.861. The number of ether oxygens (including phenoxy) is 2. The number of rotatable bonds is 6. The zero-order valence-corrected chi connectivity index (χ0v) is 12.9. The Labute approximate surface area is 122 Å². The second-order valence-corrected chi connectivity index (χ2v) is 5.56. The smallest absolute Gasteiger partial charge is 0.161 e. The third-order valence-electron chi connectivity index (χ3n) is 4.29. The summed E-state index contributed by atoms with van der Waals surface area (Å²) in [5.41, 5.74) is 0. The molecule has 0 aliphatic heterocycles. The molecule has 2 rings (SSSR count). The standard InChI is InChI=1S/C17H27NO2/c1-4-13-10-11-14(18-5-2)17(12-13)20-16-9-7-6-8-15(16)19-3/h6-9,13-14,17-18H,4-5,10-12H2,1-3H3. The van der Waals surface area contributed by atoms with Crippen molar-refractivity contribution in [2.24, 2.45) is 5.92 Å². The van der Waals surface area contributed by atoms with E-state index in [0.29, 0.717) is 6.04 Å². The van der Waals surface area contributed by atoms with Gasteiger partial charge in [0.25, 0.3) is 0 Å². The summed E-state index contributed by atoms with van der Waals surface area (Å²) in [5, 5.41) is 3.57. The lowest BCUT2D eigenvalue weighted by Gasteiger charge is -2.36. The van der Waals surface area contributed by atoms with E-state index in [0.717, 1.165) is 30.4 Å². The Kier molecular flexibility index (Phi) is 5.72. The molecule has 1 aliphatic rings. The summed E-state index contributed by atoms with van der Waals surface area (Å²) < 4.78 is 11.7. The van der Waals surface area contributed by atoms with Gasteiger partial charge in [0.1, 0.15) is 6.10 Å². The summed E-state index contributed by atoms with van der Waals surface area (Å²) in [5.74, 6) is 2.46. The van der Waals surface area contributed by atoms with E-state index in [2.05, 4.69) is 19.2 Å². The first kappa shape index (κ1) is 15.2. The van der Waals surface area contributed by atoms with Crippen LogP contribution in [0.25, 0.3) is 0 Å². The third kappa shape index (κ3) is 3.66. The van der Waals surface area contributed by atoms with Crippen LogP contribution in [-0.4, -0.2) is 25.8 Å². The Morgan fingerprint density at radius 3 is 2.55 bits per heavy atom. The van der Waals surface area contributed by atoms with Gasteiger partial charge in [-0.05, 0) is 43.9 Å². The zero-order chi connectivity index (χ0) is 14.4. The normalized spacial score (nSPS) is 26.2. The van der Waals surface area contributed by atoms with Crippen LogP contribution in [0.4, 0.5) is 0 Å². The number of likely N-dealkylation sites (N-methyl/N-ethyl adjacent to an activating group) is 1. The van der Waals surface area contributed by atoms with E-state index in [-0.39, 0.29) is 6.10 Å². The van der Waals surface area contributed by atoms with Crippen LogP contribution in [0.15, 0.2) is 24.3 Å². The van der Waals surface area contributed by atoms with E-state index in [1.165, 1.54) is 19.3 Å². The molecular formula is C17H27NO2. The number of para-hydroxylation sites is 2. The van der Waals surface area contributed by atoms with Gasteiger partial charge in [-0.1, -0.05) is 32.4 Å². The Hall–Kier alpha value is -1.22. The first-order chi connectivity index (χ1) is 9.78. The van der Waals surface area contributed by atoms with Crippen LogP contribution in [0.3, 0.4) is 0 Å². The molecule has 1 fully saturated rings. The molecule has 0 bridgehead atoms. The average Bonchev–Trinajstić information content (AvgIpc) is 2.49. The fourth-order valence-electron chi connectivity index (χ4n) is 3.09. The Bertz CT molecular complexity index is 408. The molecule has 0 spiro atoms. The van der Waals surface area contributed by atoms with Gasteiger partial charge in [0.15, 0.2) is 11.5 Å². The van der Waals surface area contributed by atoms with Crippen LogP contribution in [-0.2, 0) is 0 Å². The minimum atomic E-state index is 0.241. The number of benzene rings is 1. The lowest BCUT2D eigenvalue weighted by molar-refractivity contribution is 0.0829. The van der Waals surface area contributed by atoms with Crippen molar-refractivity contribution in [2.45, 2.75) is 51.7 Å². The molecule has 1 N–H and O–H groups in total. The van der Waals surface area contributed by atoms with E-state index in [1.54, 1.807) is 7.11 Å². The lowest BCUT2D eigenvalue weighted by atomic mass is 9.82. The van der Waals surface area contributed by atoms with Crippen molar-refractivity contribution < 1.29 is 9.47 Å². The molecule has 3 nitrogen and oxygen atoms in total. The third-order valence-corrected chi connectivity index (χ3v) is 4.29. The molecule has 112 valence electrons. The van der Waals surface area contributed by atoms with Crippen molar-refractivity contribution in [3.63, 3.8) is 0 Å². The fraction of sp³-hybridized carbons (Fsp3) is 0.647. The molecule has 1 saturated carbocycles. The molecule has 0 radical (unpaired) electrons. The van der Waals surface area contributed by atoms with Gasteiger partial charge in [0.05, 0.1) is 7.11 Å². The highest BCUT2D eigenvalue weighted by molar-refractivity contribution is 5.39. The second kappa shape index (κ2) is 7.53. The number of nitrogens with one attached hydrogen (secondary N) is 1. The van der Waals surface area contributed by atoms with Crippen molar-refractivity contribution in [2.75, 3.05) is 13.7 Å². The van der Waals surface area contributed by atoms with Gasteiger partial charge >= 0.3 is 0 Å².